The molecule has 0 N–H and O–H groups in total. The van der Waals surface area contributed by atoms with Gasteiger partial charge in [-0.15, -0.1) is 0 Å². The van der Waals surface area contributed by atoms with Crippen LogP contribution in [0.25, 0.3) is 0 Å². The van der Waals surface area contributed by atoms with E-state index in [9.17, 15) is 4.79 Å². The molecule has 98 valence electrons. The van der Waals surface area contributed by atoms with Crippen molar-refractivity contribution in [1.82, 2.24) is 0 Å². The van der Waals surface area contributed by atoms with Crippen molar-refractivity contribution in [3.63, 3.8) is 0 Å². The summed E-state index contributed by atoms with van der Waals surface area (Å²) in [7, 11) is 1.36. The first-order chi connectivity index (χ1) is 8.52. The smallest absolute Gasteiger partial charge is 0.337 e. The van der Waals surface area contributed by atoms with E-state index in [0.717, 1.165) is 5.56 Å². The normalized spacial score (nSPS) is 25.9. The van der Waals surface area contributed by atoms with Gasteiger partial charge in [-0.3, -0.25) is 0 Å². The van der Waals surface area contributed by atoms with Gasteiger partial charge in [-0.25, -0.2) is 4.79 Å². The summed E-state index contributed by atoms with van der Waals surface area (Å²) >= 11 is 0. The lowest BCUT2D eigenvalue weighted by atomic mass is 10.0. The van der Waals surface area contributed by atoms with Crippen molar-refractivity contribution < 1.29 is 19.0 Å². The molecule has 0 amide bonds. The van der Waals surface area contributed by atoms with E-state index in [-0.39, 0.29) is 12.1 Å². The Labute approximate surface area is 107 Å². The minimum Gasteiger partial charge on any atom is -0.467 e. The maximum Gasteiger partial charge on any atom is 0.337 e. The van der Waals surface area contributed by atoms with Crippen LogP contribution < -0.4 is 0 Å². The minimum absolute atomic E-state index is 0.310. The minimum atomic E-state index is -0.752. The second-order valence-corrected chi connectivity index (χ2v) is 4.81. The molecular formula is C14H18O4. The van der Waals surface area contributed by atoms with Gasteiger partial charge in [0.2, 0.25) is 0 Å². The summed E-state index contributed by atoms with van der Waals surface area (Å²) in [5.74, 6) is -1.14. The molecule has 0 radical (unpaired) electrons. The highest BCUT2D eigenvalue weighted by molar-refractivity contribution is 5.75. The lowest BCUT2D eigenvalue weighted by Gasteiger charge is -2.16. The Kier molecular flexibility index (Phi) is 3.68. The molecule has 2 rings (SSSR count). The first kappa shape index (κ1) is 13.1. The van der Waals surface area contributed by atoms with E-state index in [1.807, 2.05) is 30.3 Å². The Morgan fingerprint density at radius 3 is 2.56 bits per heavy atom. The van der Waals surface area contributed by atoms with Crippen LogP contribution in [0.3, 0.4) is 0 Å². The van der Waals surface area contributed by atoms with Gasteiger partial charge in [-0.1, -0.05) is 30.3 Å². The number of esters is 1. The van der Waals surface area contributed by atoms with Crippen LogP contribution in [-0.4, -0.2) is 31.1 Å². The van der Waals surface area contributed by atoms with Gasteiger partial charge < -0.3 is 14.2 Å². The number of ether oxygens (including phenoxy) is 3. The van der Waals surface area contributed by atoms with Crippen LogP contribution in [0.15, 0.2) is 30.3 Å². The van der Waals surface area contributed by atoms with E-state index in [1.54, 1.807) is 13.8 Å². The lowest BCUT2D eigenvalue weighted by molar-refractivity contribution is -0.168. The summed E-state index contributed by atoms with van der Waals surface area (Å²) in [4.78, 5) is 11.7. The molecule has 0 unspecified atom stereocenters. The monoisotopic (exact) mass is 250 g/mol. The summed E-state index contributed by atoms with van der Waals surface area (Å²) in [5, 5.41) is 0. The maximum atomic E-state index is 11.7. The van der Waals surface area contributed by atoms with Crippen LogP contribution in [0.4, 0.5) is 0 Å². The van der Waals surface area contributed by atoms with Crippen molar-refractivity contribution in [2.45, 2.75) is 38.3 Å². The average Bonchev–Trinajstić information content (AvgIpc) is 2.65. The third-order valence-electron chi connectivity index (χ3n) is 2.90. The highest BCUT2D eigenvalue weighted by Crippen LogP contribution is 2.30. The van der Waals surface area contributed by atoms with Crippen LogP contribution in [0.5, 0.6) is 0 Å². The van der Waals surface area contributed by atoms with Gasteiger partial charge in [0.15, 0.2) is 11.9 Å². The van der Waals surface area contributed by atoms with Crippen molar-refractivity contribution in [2.75, 3.05) is 7.11 Å². The van der Waals surface area contributed by atoms with E-state index >= 15 is 0 Å². The van der Waals surface area contributed by atoms with Gasteiger partial charge in [0.1, 0.15) is 6.10 Å². The Morgan fingerprint density at radius 2 is 1.94 bits per heavy atom. The van der Waals surface area contributed by atoms with Crippen LogP contribution >= 0.6 is 0 Å². The highest BCUT2D eigenvalue weighted by Gasteiger charge is 2.45. The molecule has 1 aromatic carbocycles. The number of hydrogen-bond acceptors (Lipinski definition) is 4. The standard InChI is InChI=1S/C14H18O4/c1-14(2)17-11(12(18-14)13(15)16-3)9-10-7-5-4-6-8-10/h4-8,11-12H,9H2,1-3H3/t11-,12+/m1/s1. The molecule has 4 heteroatoms. The number of benzene rings is 1. The van der Waals surface area contributed by atoms with Crippen LogP contribution in [-0.2, 0) is 25.4 Å². The van der Waals surface area contributed by atoms with E-state index in [4.69, 9.17) is 14.2 Å². The average molecular weight is 250 g/mol. The first-order valence-electron chi connectivity index (χ1n) is 5.99. The van der Waals surface area contributed by atoms with Crippen molar-refractivity contribution >= 4 is 5.97 Å². The molecule has 1 fully saturated rings. The molecule has 18 heavy (non-hydrogen) atoms. The van der Waals surface area contributed by atoms with E-state index in [0.29, 0.717) is 6.42 Å². The number of hydrogen-bond donors (Lipinski definition) is 0. The second kappa shape index (κ2) is 5.08. The summed E-state index contributed by atoms with van der Waals surface area (Å²) in [5.41, 5.74) is 1.11. The Balaban J connectivity index is 2.12. The largest absolute Gasteiger partial charge is 0.467 e. The van der Waals surface area contributed by atoms with E-state index in [1.165, 1.54) is 7.11 Å². The zero-order valence-electron chi connectivity index (χ0n) is 10.9. The molecule has 1 aliphatic heterocycles. The van der Waals surface area contributed by atoms with Crippen molar-refractivity contribution in [2.24, 2.45) is 0 Å². The predicted molar refractivity (Wildman–Crippen MR) is 66.0 cm³/mol. The fourth-order valence-corrected chi connectivity index (χ4v) is 2.15. The number of rotatable bonds is 3. The topological polar surface area (TPSA) is 44.8 Å². The van der Waals surface area contributed by atoms with Crippen molar-refractivity contribution in [3.8, 4) is 0 Å². The van der Waals surface area contributed by atoms with Crippen molar-refractivity contribution in [1.29, 1.82) is 0 Å². The van der Waals surface area contributed by atoms with Crippen LogP contribution in [0.1, 0.15) is 19.4 Å². The molecule has 0 aromatic heterocycles. The molecule has 0 aliphatic carbocycles. The molecule has 1 heterocycles. The lowest BCUT2D eigenvalue weighted by Crippen LogP contribution is -2.33. The summed E-state index contributed by atoms with van der Waals surface area (Å²) in [6, 6.07) is 9.89. The van der Waals surface area contributed by atoms with Crippen LogP contribution in [0, 0.1) is 0 Å². The molecule has 2 atom stereocenters. The number of carbonyl (C=O) groups is 1. The van der Waals surface area contributed by atoms with E-state index in [2.05, 4.69) is 0 Å². The molecular weight excluding hydrogens is 232 g/mol. The van der Waals surface area contributed by atoms with Gasteiger partial charge in [0, 0.05) is 6.42 Å². The third-order valence-corrected chi connectivity index (χ3v) is 2.90. The Bertz CT molecular complexity index is 413. The maximum absolute atomic E-state index is 11.7. The second-order valence-electron chi connectivity index (χ2n) is 4.81. The molecule has 0 spiro atoms. The molecule has 4 nitrogen and oxygen atoms in total. The number of methoxy groups -OCH3 is 1. The summed E-state index contributed by atoms with van der Waals surface area (Å²) in [6.07, 6.45) is -0.343. The quantitative estimate of drug-likeness (QED) is 0.769. The van der Waals surface area contributed by atoms with Gasteiger partial charge in [-0.05, 0) is 19.4 Å². The molecule has 1 saturated heterocycles. The SMILES string of the molecule is COC(=O)[C@H]1OC(C)(C)O[C@@H]1Cc1ccccc1. The fourth-order valence-electron chi connectivity index (χ4n) is 2.15. The fraction of sp³-hybridized carbons (Fsp3) is 0.500. The van der Waals surface area contributed by atoms with E-state index < -0.39 is 11.9 Å². The predicted octanol–water partition coefficient (Wildman–Crippen LogP) is 1.92. The number of carbonyl (C=O) groups excluding carboxylic acids is 1. The zero-order chi connectivity index (χ0) is 13.2. The molecule has 0 bridgehead atoms. The van der Waals surface area contributed by atoms with Crippen molar-refractivity contribution in [3.05, 3.63) is 35.9 Å². The third kappa shape index (κ3) is 2.89. The molecule has 0 saturated carbocycles. The zero-order valence-corrected chi connectivity index (χ0v) is 10.9. The Morgan fingerprint density at radius 1 is 1.28 bits per heavy atom. The molecule has 1 aromatic rings. The van der Waals surface area contributed by atoms with Gasteiger partial charge in [-0.2, -0.15) is 0 Å². The van der Waals surface area contributed by atoms with Gasteiger partial charge >= 0.3 is 5.97 Å². The molecule has 1 aliphatic rings. The van der Waals surface area contributed by atoms with Gasteiger partial charge in [0.25, 0.3) is 0 Å². The Hall–Kier alpha value is -1.39. The summed E-state index contributed by atoms with van der Waals surface area (Å²) < 4.78 is 16.1. The highest BCUT2D eigenvalue weighted by atomic mass is 16.8. The summed E-state index contributed by atoms with van der Waals surface area (Å²) in [6.45, 7) is 3.60. The van der Waals surface area contributed by atoms with Crippen LogP contribution in [0.2, 0.25) is 0 Å². The first-order valence-corrected chi connectivity index (χ1v) is 5.99. The van der Waals surface area contributed by atoms with Gasteiger partial charge in [0.05, 0.1) is 7.11 Å².